The third-order valence-corrected chi connectivity index (χ3v) is 5.04. The first kappa shape index (κ1) is 20.0. The van der Waals surface area contributed by atoms with Gasteiger partial charge in [0.15, 0.2) is 0 Å². The van der Waals surface area contributed by atoms with E-state index in [0.717, 1.165) is 6.07 Å². The predicted octanol–water partition coefficient (Wildman–Crippen LogP) is 2.58. The standard InChI is InChI=1S/C20H23F2N3O3/c1-2-28-19(27)20(12-15-5-6-16(21)11-17(15)22)7-3-9-24(14-20)18(26)13-25-10-4-8-23-25/h4-6,8,10-11H,2-3,7,9,12-14H2,1H3. The van der Waals surface area contributed by atoms with Gasteiger partial charge in [0.2, 0.25) is 5.91 Å². The second kappa shape index (κ2) is 8.50. The average Bonchev–Trinajstić information content (AvgIpc) is 3.17. The molecule has 1 aliphatic rings. The summed E-state index contributed by atoms with van der Waals surface area (Å²) in [6.45, 7) is 2.59. The lowest BCUT2D eigenvalue weighted by Crippen LogP contribution is -2.52. The van der Waals surface area contributed by atoms with Crippen LogP contribution in [0.4, 0.5) is 8.78 Å². The number of esters is 1. The molecule has 1 saturated heterocycles. The van der Waals surface area contributed by atoms with Gasteiger partial charge in [-0.25, -0.2) is 8.78 Å². The van der Waals surface area contributed by atoms with Crippen molar-refractivity contribution in [3.8, 4) is 0 Å². The molecule has 2 heterocycles. The molecule has 1 aromatic heterocycles. The van der Waals surface area contributed by atoms with Crippen LogP contribution in [0, 0.1) is 17.0 Å². The normalized spacial score (nSPS) is 19.5. The van der Waals surface area contributed by atoms with Crippen molar-refractivity contribution in [2.75, 3.05) is 19.7 Å². The molecule has 1 aromatic carbocycles. The zero-order chi connectivity index (χ0) is 20.1. The molecule has 0 radical (unpaired) electrons. The summed E-state index contributed by atoms with van der Waals surface area (Å²) in [5.41, 5.74) is -0.831. The summed E-state index contributed by atoms with van der Waals surface area (Å²) in [6, 6.07) is 5.04. The SMILES string of the molecule is CCOC(=O)C1(Cc2ccc(F)cc2F)CCCN(C(=O)Cn2cccn2)C1. The molecule has 2 aromatic rings. The molecule has 0 bridgehead atoms. The van der Waals surface area contributed by atoms with Crippen molar-refractivity contribution in [3.63, 3.8) is 0 Å². The molecule has 6 nitrogen and oxygen atoms in total. The van der Waals surface area contributed by atoms with Crippen LogP contribution in [0.3, 0.4) is 0 Å². The van der Waals surface area contributed by atoms with Gasteiger partial charge in [-0.1, -0.05) is 6.07 Å². The minimum Gasteiger partial charge on any atom is -0.466 e. The molecule has 1 fully saturated rings. The van der Waals surface area contributed by atoms with Crippen LogP contribution in [0.2, 0.25) is 0 Å². The fraction of sp³-hybridized carbons (Fsp3) is 0.450. The highest BCUT2D eigenvalue weighted by Crippen LogP contribution is 2.36. The highest BCUT2D eigenvalue weighted by atomic mass is 19.1. The second-order valence-corrected chi connectivity index (χ2v) is 7.04. The number of rotatable bonds is 6. The smallest absolute Gasteiger partial charge is 0.314 e. The maximum Gasteiger partial charge on any atom is 0.314 e. The van der Waals surface area contributed by atoms with E-state index in [1.54, 1.807) is 30.3 Å². The van der Waals surface area contributed by atoms with Crippen LogP contribution in [-0.2, 0) is 27.3 Å². The summed E-state index contributed by atoms with van der Waals surface area (Å²) in [7, 11) is 0. The highest BCUT2D eigenvalue weighted by Gasteiger charge is 2.45. The van der Waals surface area contributed by atoms with Gasteiger partial charge >= 0.3 is 5.97 Å². The van der Waals surface area contributed by atoms with E-state index < -0.39 is 23.0 Å². The fourth-order valence-corrected chi connectivity index (χ4v) is 3.67. The summed E-state index contributed by atoms with van der Waals surface area (Å²) in [6.07, 6.45) is 4.38. The lowest BCUT2D eigenvalue weighted by Gasteiger charge is -2.41. The summed E-state index contributed by atoms with van der Waals surface area (Å²) < 4.78 is 34.3. The number of amides is 1. The van der Waals surface area contributed by atoms with Crippen molar-refractivity contribution in [2.45, 2.75) is 32.7 Å². The quantitative estimate of drug-likeness (QED) is 0.710. The Morgan fingerprint density at radius 1 is 1.32 bits per heavy atom. The van der Waals surface area contributed by atoms with E-state index in [-0.39, 0.29) is 37.6 Å². The zero-order valence-corrected chi connectivity index (χ0v) is 15.7. The maximum absolute atomic E-state index is 14.2. The van der Waals surface area contributed by atoms with Gasteiger partial charge in [-0.3, -0.25) is 14.3 Å². The first-order valence-electron chi connectivity index (χ1n) is 9.30. The number of aromatic nitrogens is 2. The van der Waals surface area contributed by atoms with E-state index >= 15 is 0 Å². The number of piperidine rings is 1. The van der Waals surface area contributed by atoms with Crippen molar-refractivity contribution in [3.05, 3.63) is 53.9 Å². The largest absolute Gasteiger partial charge is 0.466 e. The Morgan fingerprint density at radius 2 is 2.14 bits per heavy atom. The van der Waals surface area contributed by atoms with Crippen LogP contribution in [-0.4, -0.2) is 46.3 Å². The first-order valence-corrected chi connectivity index (χ1v) is 9.30. The highest BCUT2D eigenvalue weighted by molar-refractivity contribution is 5.81. The van der Waals surface area contributed by atoms with Crippen molar-refractivity contribution < 1.29 is 23.1 Å². The molecule has 1 amide bonds. The summed E-state index contributed by atoms with van der Waals surface area (Å²) in [4.78, 5) is 27.1. The Balaban J connectivity index is 1.83. The minimum atomic E-state index is -1.06. The van der Waals surface area contributed by atoms with Gasteiger partial charge in [0.25, 0.3) is 0 Å². The van der Waals surface area contributed by atoms with Crippen LogP contribution in [0.5, 0.6) is 0 Å². The van der Waals surface area contributed by atoms with Gasteiger partial charge in [0, 0.05) is 31.5 Å². The van der Waals surface area contributed by atoms with E-state index in [9.17, 15) is 18.4 Å². The van der Waals surface area contributed by atoms with Gasteiger partial charge in [0.05, 0.1) is 12.0 Å². The molecular weight excluding hydrogens is 368 g/mol. The number of likely N-dealkylation sites (tertiary alicyclic amines) is 1. The van der Waals surface area contributed by atoms with Crippen molar-refractivity contribution >= 4 is 11.9 Å². The monoisotopic (exact) mass is 391 g/mol. The van der Waals surface area contributed by atoms with E-state index in [4.69, 9.17) is 4.74 Å². The molecule has 1 unspecified atom stereocenters. The number of halogens is 2. The Morgan fingerprint density at radius 3 is 2.82 bits per heavy atom. The van der Waals surface area contributed by atoms with Crippen LogP contribution < -0.4 is 0 Å². The predicted molar refractivity (Wildman–Crippen MR) is 97.2 cm³/mol. The Hall–Kier alpha value is -2.77. The molecule has 0 saturated carbocycles. The van der Waals surface area contributed by atoms with E-state index in [1.165, 1.54) is 16.8 Å². The van der Waals surface area contributed by atoms with Crippen LogP contribution in [0.15, 0.2) is 36.7 Å². The summed E-state index contributed by atoms with van der Waals surface area (Å²) in [5, 5.41) is 4.03. The van der Waals surface area contributed by atoms with Crippen molar-refractivity contribution in [1.29, 1.82) is 0 Å². The lowest BCUT2D eigenvalue weighted by atomic mass is 9.75. The average molecular weight is 391 g/mol. The minimum absolute atomic E-state index is 0.0451. The third kappa shape index (κ3) is 4.37. The van der Waals surface area contributed by atoms with E-state index in [2.05, 4.69) is 5.10 Å². The molecule has 1 aliphatic heterocycles. The number of nitrogens with zero attached hydrogens (tertiary/aromatic N) is 3. The molecule has 28 heavy (non-hydrogen) atoms. The lowest BCUT2D eigenvalue weighted by molar-refractivity contribution is -0.161. The Kier molecular flexibility index (Phi) is 6.06. The second-order valence-electron chi connectivity index (χ2n) is 7.04. The topological polar surface area (TPSA) is 64.4 Å². The summed E-state index contributed by atoms with van der Waals surface area (Å²) in [5.74, 6) is -2.01. The zero-order valence-electron chi connectivity index (χ0n) is 15.7. The van der Waals surface area contributed by atoms with Gasteiger partial charge in [-0.15, -0.1) is 0 Å². The summed E-state index contributed by atoms with van der Waals surface area (Å²) >= 11 is 0. The molecule has 0 spiro atoms. The third-order valence-electron chi connectivity index (χ3n) is 5.04. The van der Waals surface area contributed by atoms with E-state index in [0.29, 0.717) is 19.4 Å². The van der Waals surface area contributed by atoms with Gasteiger partial charge in [-0.05, 0) is 43.9 Å². The fourth-order valence-electron chi connectivity index (χ4n) is 3.67. The van der Waals surface area contributed by atoms with Gasteiger partial charge < -0.3 is 9.64 Å². The van der Waals surface area contributed by atoms with Crippen LogP contribution in [0.25, 0.3) is 0 Å². The molecule has 150 valence electrons. The first-order chi connectivity index (χ1) is 13.4. The number of hydrogen-bond donors (Lipinski definition) is 0. The number of hydrogen-bond acceptors (Lipinski definition) is 4. The molecule has 0 aliphatic carbocycles. The molecule has 3 rings (SSSR count). The number of benzene rings is 1. The van der Waals surface area contributed by atoms with Gasteiger partial charge in [-0.2, -0.15) is 5.10 Å². The van der Waals surface area contributed by atoms with Gasteiger partial charge in [0.1, 0.15) is 18.2 Å². The number of ether oxygens (including phenoxy) is 1. The number of carbonyl (C=O) groups is 2. The van der Waals surface area contributed by atoms with E-state index in [1.807, 2.05) is 0 Å². The molecule has 0 N–H and O–H groups in total. The van der Waals surface area contributed by atoms with Crippen LogP contribution in [0.1, 0.15) is 25.3 Å². The Labute approximate surface area is 162 Å². The number of carbonyl (C=O) groups excluding carboxylic acids is 2. The molecule has 8 heteroatoms. The van der Waals surface area contributed by atoms with Crippen LogP contribution >= 0.6 is 0 Å². The molecule has 1 atom stereocenters. The van der Waals surface area contributed by atoms with Crippen molar-refractivity contribution in [1.82, 2.24) is 14.7 Å². The Bertz CT molecular complexity index is 841. The molecular formula is C20H23F2N3O3. The van der Waals surface area contributed by atoms with Crippen molar-refractivity contribution in [2.24, 2.45) is 5.41 Å². The maximum atomic E-state index is 14.2.